The Balaban J connectivity index is 2.02. The van der Waals surface area contributed by atoms with Crippen molar-refractivity contribution in [3.63, 3.8) is 0 Å². The van der Waals surface area contributed by atoms with E-state index >= 15 is 0 Å². The maximum Gasteiger partial charge on any atom is 0.234 e. The van der Waals surface area contributed by atoms with Crippen LogP contribution in [0.3, 0.4) is 0 Å². The van der Waals surface area contributed by atoms with Crippen LogP contribution in [0.5, 0.6) is 0 Å². The van der Waals surface area contributed by atoms with Gasteiger partial charge in [0.2, 0.25) is 11.8 Å². The second kappa shape index (κ2) is 9.72. The minimum Gasteiger partial charge on any atom is -0.381 e. The van der Waals surface area contributed by atoms with Crippen LogP contribution in [0.1, 0.15) is 39.5 Å². The highest BCUT2D eigenvalue weighted by molar-refractivity contribution is 5.79. The van der Waals surface area contributed by atoms with Gasteiger partial charge < -0.3 is 20.7 Å². The average Bonchev–Trinajstić information content (AvgIpc) is 2.44. The van der Waals surface area contributed by atoms with Gasteiger partial charge in [0, 0.05) is 38.3 Å². The van der Waals surface area contributed by atoms with Crippen molar-refractivity contribution in [2.24, 2.45) is 0 Å². The first-order valence-corrected chi connectivity index (χ1v) is 7.49. The van der Waals surface area contributed by atoms with Crippen molar-refractivity contribution >= 4 is 11.8 Å². The summed E-state index contributed by atoms with van der Waals surface area (Å²) >= 11 is 0. The number of hydrogen-bond donors (Lipinski definition) is 3. The number of carbonyl (C=O) groups excluding carboxylic acids is 2. The highest BCUT2D eigenvalue weighted by Gasteiger charge is 2.15. The summed E-state index contributed by atoms with van der Waals surface area (Å²) < 4.78 is 5.24. The van der Waals surface area contributed by atoms with Gasteiger partial charge in [-0.05, 0) is 26.2 Å². The molecule has 1 saturated heterocycles. The summed E-state index contributed by atoms with van der Waals surface area (Å²) in [4.78, 5) is 23.2. The van der Waals surface area contributed by atoms with Crippen molar-refractivity contribution in [1.82, 2.24) is 16.0 Å². The molecular weight excluding hydrogens is 258 g/mol. The van der Waals surface area contributed by atoms with Gasteiger partial charge in [-0.2, -0.15) is 0 Å². The zero-order valence-corrected chi connectivity index (χ0v) is 12.5. The van der Waals surface area contributed by atoms with Crippen LogP contribution >= 0.6 is 0 Å². The SMILES string of the molecule is CCC(C)NC(=O)CCNCC(=O)NC1CCOCC1. The van der Waals surface area contributed by atoms with Gasteiger partial charge in [0.1, 0.15) is 0 Å². The molecule has 0 saturated carbocycles. The molecule has 6 heteroatoms. The molecule has 1 unspecified atom stereocenters. The second-order valence-electron chi connectivity index (χ2n) is 5.26. The lowest BCUT2D eigenvalue weighted by Gasteiger charge is -2.23. The van der Waals surface area contributed by atoms with E-state index in [0.29, 0.717) is 26.2 Å². The first kappa shape index (κ1) is 16.9. The van der Waals surface area contributed by atoms with Crippen LogP contribution in [0.15, 0.2) is 0 Å². The van der Waals surface area contributed by atoms with Gasteiger partial charge in [-0.1, -0.05) is 6.92 Å². The molecule has 0 radical (unpaired) electrons. The van der Waals surface area contributed by atoms with Crippen LogP contribution in [-0.2, 0) is 14.3 Å². The fraction of sp³-hybridized carbons (Fsp3) is 0.857. The molecule has 1 heterocycles. The van der Waals surface area contributed by atoms with Gasteiger partial charge in [0.05, 0.1) is 6.54 Å². The van der Waals surface area contributed by atoms with E-state index in [4.69, 9.17) is 4.74 Å². The average molecular weight is 285 g/mol. The Morgan fingerprint density at radius 3 is 2.60 bits per heavy atom. The molecule has 1 aliphatic rings. The van der Waals surface area contributed by atoms with Crippen molar-refractivity contribution in [3.8, 4) is 0 Å². The van der Waals surface area contributed by atoms with Gasteiger partial charge in [0.25, 0.3) is 0 Å². The molecule has 1 rings (SSSR count). The molecule has 3 N–H and O–H groups in total. The fourth-order valence-corrected chi connectivity index (χ4v) is 1.97. The molecule has 1 atom stereocenters. The number of ether oxygens (including phenoxy) is 1. The number of nitrogens with one attached hydrogen (secondary N) is 3. The Hall–Kier alpha value is -1.14. The van der Waals surface area contributed by atoms with E-state index in [1.54, 1.807) is 0 Å². The normalized spacial score (nSPS) is 17.5. The predicted octanol–water partition coefficient (Wildman–Crippen LogP) is 0.176. The molecule has 6 nitrogen and oxygen atoms in total. The van der Waals surface area contributed by atoms with Gasteiger partial charge in [-0.3, -0.25) is 9.59 Å². The summed E-state index contributed by atoms with van der Waals surface area (Å²) in [5.74, 6) is 0.0101. The summed E-state index contributed by atoms with van der Waals surface area (Å²) in [6.45, 7) is 6.22. The van der Waals surface area contributed by atoms with Gasteiger partial charge in [-0.15, -0.1) is 0 Å². The number of carbonyl (C=O) groups is 2. The molecule has 2 amide bonds. The lowest BCUT2D eigenvalue weighted by molar-refractivity contribution is -0.123. The monoisotopic (exact) mass is 285 g/mol. The molecular formula is C14H27N3O3. The number of rotatable bonds is 8. The minimum absolute atomic E-state index is 0.0146. The largest absolute Gasteiger partial charge is 0.381 e. The van der Waals surface area contributed by atoms with E-state index in [9.17, 15) is 9.59 Å². The molecule has 0 aromatic rings. The Kier molecular flexibility index (Phi) is 8.22. The van der Waals surface area contributed by atoms with Crippen LogP contribution in [0.2, 0.25) is 0 Å². The van der Waals surface area contributed by atoms with Crippen LogP contribution in [-0.4, -0.2) is 50.2 Å². The third-order valence-corrected chi connectivity index (χ3v) is 3.42. The van der Waals surface area contributed by atoms with Crippen LogP contribution in [0.25, 0.3) is 0 Å². The first-order valence-electron chi connectivity index (χ1n) is 7.49. The van der Waals surface area contributed by atoms with E-state index < -0.39 is 0 Å². The summed E-state index contributed by atoms with van der Waals surface area (Å²) in [5, 5.41) is 8.85. The predicted molar refractivity (Wildman–Crippen MR) is 77.4 cm³/mol. The molecule has 20 heavy (non-hydrogen) atoms. The molecule has 0 bridgehead atoms. The van der Waals surface area contributed by atoms with E-state index in [-0.39, 0.29) is 30.4 Å². The van der Waals surface area contributed by atoms with E-state index in [1.807, 2.05) is 13.8 Å². The molecule has 0 aromatic heterocycles. The van der Waals surface area contributed by atoms with Crippen LogP contribution < -0.4 is 16.0 Å². The van der Waals surface area contributed by atoms with Gasteiger partial charge in [0.15, 0.2) is 0 Å². The maximum atomic E-state index is 11.7. The summed E-state index contributed by atoms with van der Waals surface area (Å²) in [5.41, 5.74) is 0. The molecule has 116 valence electrons. The van der Waals surface area contributed by atoms with Crippen molar-refractivity contribution in [3.05, 3.63) is 0 Å². The lowest BCUT2D eigenvalue weighted by Crippen LogP contribution is -2.43. The van der Waals surface area contributed by atoms with Crippen LogP contribution in [0.4, 0.5) is 0 Å². The summed E-state index contributed by atoms with van der Waals surface area (Å²) in [6, 6.07) is 0.436. The Morgan fingerprint density at radius 1 is 1.25 bits per heavy atom. The molecule has 0 aliphatic carbocycles. The van der Waals surface area contributed by atoms with Gasteiger partial charge >= 0.3 is 0 Å². The zero-order chi connectivity index (χ0) is 14.8. The molecule has 1 aliphatic heterocycles. The standard InChI is InChI=1S/C14H27N3O3/c1-3-11(2)16-13(18)4-7-15-10-14(19)17-12-5-8-20-9-6-12/h11-12,15H,3-10H2,1-2H3,(H,16,18)(H,17,19). The van der Waals surface area contributed by atoms with Crippen molar-refractivity contribution in [2.75, 3.05) is 26.3 Å². The third kappa shape index (κ3) is 7.45. The Morgan fingerprint density at radius 2 is 1.95 bits per heavy atom. The zero-order valence-electron chi connectivity index (χ0n) is 12.5. The second-order valence-corrected chi connectivity index (χ2v) is 5.26. The molecule has 1 fully saturated rings. The fourth-order valence-electron chi connectivity index (χ4n) is 1.97. The van der Waals surface area contributed by atoms with E-state index in [2.05, 4.69) is 16.0 Å². The molecule has 0 spiro atoms. The van der Waals surface area contributed by atoms with Crippen LogP contribution in [0, 0.1) is 0 Å². The minimum atomic E-state index is -0.0146. The lowest BCUT2D eigenvalue weighted by atomic mass is 10.1. The van der Waals surface area contributed by atoms with E-state index in [1.165, 1.54) is 0 Å². The maximum absolute atomic E-state index is 11.7. The van der Waals surface area contributed by atoms with Crippen molar-refractivity contribution in [1.29, 1.82) is 0 Å². The number of amides is 2. The van der Waals surface area contributed by atoms with Crippen molar-refractivity contribution in [2.45, 2.75) is 51.6 Å². The highest BCUT2D eigenvalue weighted by atomic mass is 16.5. The highest BCUT2D eigenvalue weighted by Crippen LogP contribution is 2.05. The molecule has 0 aromatic carbocycles. The Bertz CT molecular complexity index is 304. The first-order chi connectivity index (χ1) is 9.61. The van der Waals surface area contributed by atoms with Gasteiger partial charge in [-0.25, -0.2) is 0 Å². The summed E-state index contributed by atoms with van der Waals surface area (Å²) in [7, 11) is 0. The van der Waals surface area contributed by atoms with Crippen molar-refractivity contribution < 1.29 is 14.3 Å². The smallest absolute Gasteiger partial charge is 0.234 e. The summed E-state index contributed by atoms with van der Waals surface area (Å²) in [6.07, 6.45) is 3.08. The quantitative estimate of drug-likeness (QED) is 0.556. The van der Waals surface area contributed by atoms with E-state index in [0.717, 1.165) is 19.3 Å². The third-order valence-electron chi connectivity index (χ3n) is 3.42. The topological polar surface area (TPSA) is 79.5 Å². The number of hydrogen-bond acceptors (Lipinski definition) is 4. The Labute approximate surface area is 121 Å².